The number of hydrogen-bond acceptors (Lipinski definition) is 0. The minimum absolute atomic E-state index is 0.784. The Morgan fingerprint density at radius 3 is 0.933 bits per heavy atom. The third-order valence-corrected chi connectivity index (χ3v) is 15.8. The molecule has 0 spiro atoms. The fraction of sp³-hybridized carbons (Fsp3) is 0.100. The van der Waals surface area contributed by atoms with Gasteiger partial charge in [-0.15, -0.1) is 0 Å². The highest BCUT2D eigenvalue weighted by Gasteiger charge is 2.42. The van der Waals surface area contributed by atoms with E-state index in [1.165, 1.54) is 65.3 Å². The van der Waals surface area contributed by atoms with Gasteiger partial charge in [-0.05, 0) is 71.3 Å². The lowest BCUT2D eigenvalue weighted by atomic mass is 9.90. The molecule has 0 fully saturated rings. The molecule has 0 nitrogen and oxygen atoms in total. The molecule has 0 unspecified atom stereocenters. The minimum Gasteiger partial charge on any atom is -0.0876 e. The van der Waals surface area contributed by atoms with E-state index in [4.69, 9.17) is 0 Å². The summed E-state index contributed by atoms with van der Waals surface area (Å²) in [5.41, 5.74) is 10.2. The van der Waals surface area contributed by atoms with Crippen LogP contribution in [0.4, 0.5) is 0 Å². The third kappa shape index (κ3) is 6.27. The van der Waals surface area contributed by atoms with Gasteiger partial charge in [0.2, 0.25) is 0 Å². The van der Waals surface area contributed by atoms with E-state index in [-0.39, 0.29) is 0 Å². The maximum absolute atomic E-state index is 3.83. The molecule has 45 heavy (non-hydrogen) atoms. The van der Waals surface area contributed by atoms with Crippen molar-refractivity contribution in [3.05, 3.63) is 168 Å². The summed E-state index contributed by atoms with van der Waals surface area (Å²) < 4.78 is 0. The molecule has 0 N–H and O–H groups in total. The van der Waals surface area contributed by atoms with Gasteiger partial charge in [0.25, 0.3) is 0 Å². The SMILES string of the molecule is BrCc1cccc(CBr)c1-c1cc(-c2c(CBr)cccc2CBr)cc([Si](c2ccccc2)(c2ccccc2)c2ccccc2)c1. The van der Waals surface area contributed by atoms with E-state index in [1.54, 1.807) is 0 Å². The molecule has 0 radical (unpaired) electrons. The van der Waals surface area contributed by atoms with Crippen molar-refractivity contribution in [3.8, 4) is 22.3 Å². The van der Waals surface area contributed by atoms with Gasteiger partial charge in [-0.1, -0.05) is 203 Å². The normalized spacial score (nSPS) is 11.5. The number of hydrogen-bond donors (Lipinski definition) is 0. The zero-order chi connectivity index (χ0) is 31.2. The molecule has 0 atom stereocenters. The lowest BCUT2D eigenvalue weighted by Gasteiger charge is -2.35. The number of halogens is 4. The van der Waals surface area contributed by atoms with Gasteiger partial charge >= 0.3 is 0 Å². The van der Waals surface area contributed by atoms with Crippen LogP contribution >= 0.6 is 63.7 Å². The number of alkyl halides is 4. The predicted molar refractivity (Wildman–Crippen MR) is 211 cm³/mol. The average molecular weight is 860 g/mol. The van der Waals surface area contributed by atoms with Gasteiger partial charge in [-0.2, -0.15) is 0 Å². The van der Waals surface area contributed by atoms with Crippen molar-refractivity contribution in [2.24, 2.45) is 0 Å². The van der Waals surface area contributed by atoms with Crippen LogP contribution in [0.15, 0.2) is 146 Å². The Balaban J connectivity index is 1.82. The first kappa shape index (κ1) is 32.4. The van der Waals surface area contributed by atoms with Crippen LogP contribution in [0.25, 0.3) is 22.3 Å². The summed E-state index contributed by atoms with van der Waals surface area (Å²) >= 11 is 15.3. The molecule has 0 heterocycles. The first-order chi connectivity index (χ1) is 22.1. The molecule has 0 bridgehead atoms. The molecule has 224 valence electrons. The fourth-order valence-corrected chi connectivity index (χ4v) is 13.4. The molecule has 0 aromatic heterocycles. The summed E-state index contributed by atoms with van der Waals surface area (Å²) in [4.78, 5) is 0. The molecule has 6 rings (SSSR count). The number of benzene rings is 6. The van der Waals surface area contributed by atoms with E-state index >= 15 is 0 Å². The van der Waals surface area contributed by atoms with E-state index < -0.39 is 8.07 Å². The first-order valence-electron chi connectivity index (χ1n) is 14.9. The monoisotopic (exact) mass is 856 g/mol. The van der Waals surface area contributed by atoms with Crippen molar-refractivity contribution < 1.29 is 0 Å². The molecule has 6 aromatic rings. The highest BCUT2D eigenvalue weighted by atomic mass is 79.9. The Kier molecular flexibility index (Phi) is 10.7. The van der Waals surface area contributed by atoms with E-state index in [9.17, 15) is 0 Å². The summed E-state index contributed by atoms with van der Waals surface area (Å²) in [5.74, 6) is 0. The third-order valence-electron chi connectivity index (χ3n) is 8.61. The van der Waals surface area contributed by atoms with Crippen molar-refractivity contribution in [1.29, 1.82) is 0 Å². The van der Waals surface area contributed by atoms with E-state index in [1.807, 2.05) is 0 Å². The molecule has 0 saturated carbocycles. The van der Waals surface area contributed by atoms with Crippen LogP contribution in [0.3, 0.4) is 0 Å². The largest absolute Gasteiger partial charge is 0.179 e. The highest BCUT2D eigenvalue weighted by molar-refractivity contribution is 9.09. The van der Waals surface area contributed by atoms with Crippen LogP contribution in [-0.2, 0) is 21.3 Å². The van der Waals surface area contributed by atoms with Crippen molar-refractivity contribution in [2.45, 2.75) is 21.3 Å². The lowest BCUT2D eigenvalue weighted by Crippen LogP contribution is -2.74. The maximum Gasteiger partial charge on any atom is 0.179 e. The second-order valence-electron chi connectivity index (χ2n) is 11.1. The van der Waals surface area contributed by atoms with Crippen LogP contribution in [0, 0.1) is 0 Å². The smallest absolute Gasteiger partial charge is 0.0876 e. The Labute approximate surface area is 301 Å². The molecule has 5 heteroatoms. The molecule has 0 amide bonds. The Morgan fingerprint density at radius 2 is 0.644 bits per heavy atom. The first-order valence-corrected chi connectivity index (χ1v) is 21.4. The number of rotatable bonds is 10. The van der Waals surface area contributed by atoms with E-state index in [2.05, 4.69) is 209 Å². The van der Waals surface area contributed by atoms with Crippen LogP contribution in [0.1, 0.15) is 22.3 Å². The van der Waals surface area contributed by atoms with Gasteiger partial charge in [-0.25, -0.2) is 0 Å². The Morgan fingerprint density at radius 1 is 0.333 bits per heavy atom. The molecule has 0 aliphatic heterocycles. The Hall–Kier alpha value is -2.54. The average Bonchev–Trinajstić information content (AvgIpc) is 3.12. The van der Waals surface area contributed by atoms with E-state index in [0.717, 1.165) is 21.3 Å². The fourth-order valence-electron chi connectivity index (χ4n) is 6.69. The Bertz CT molecular complexity index is 1670. The minimum atomic E-state index is -2.79. The van der Waals surface area contributed by atoms with Gasteiger partial charge in [0, 0.05) is 21.3 Å². The predicted octanol–water partition coefficient (Wildman–Crippen LogP) is 9.98. The summed E-state index contributed by atoms with van der Waals surface area (Å²) in [7, 11) is -2.79. The molecule has 0 aliphatic carbocycles. The van der Waals surface area contributed by atoms with Crippen molar-refractivity contribution in [2.75, 3.05) is 0 Å². The van der Waals surface area contributed by atoms with Crippen LogP contribution in [0.2, 0.25) is 0 Å². The topological polar surface area (TPSA) is 0 Å². The van der Waals surface area contributed by atoms with Gasteiger partial charge < -0.3 is 0 Å². The molecule has 0 aliphatic rings. The summed E-state index contributed by atoms with van der Waals surface area (Å²) in [6.45, 7) is 0. The summed E-state index contributed by atoms with van der Waals surface area (Å²) in [6, 6.07) is 54.3. The van der Waals surface area contributed by atoms with Crippen LogP contribution in [-0.4, -0.2) is 8.07 Å². The van der Waals surface area contributed by atoms with Gasteiger partial charge in [0.15, 0.2) is 8.07 Å². The van der Waals surface area contributed by atoms with Gasteiger partial charge in [0.1, 0.15) is 0 Å². The molecule has 0 saturated heterocycles. The van der Waals surface area contributed by atoms with Crippen LogP contribution in [0.5, 0.6) is 0 Å². The second-order valence-corrected chi connectivity index (χ2v) is 17.1. The highest BCUT2D eigenvalue weighted by Crippen LogP contribution is 2.37. The van der Waals surface area contributed by atoms with Gasteiger partial charge in [0.05, 0.1) is 0 Å². The zero-order valence-electron chi connectivity index (χ0n) is 24.7. The lowest BCUT2D eigenvalue weighted by molar-refractivity contribution is 1.33. The van der Waals surface area contributed by atoms with Crippen LogP contribution < -0.4 is 20.7 Å². The van der Waals surface area contributed by atoms with Crippen molar-refractivity contribution >= 4 is 92.5 Å². The van der Waals surface area contributed by atoms with E-state index in [0.29, 0.717) is 0 Å². The standard InChI is InChI=1S/C40H32Br4Si/c41-25-29-12-10-13-30(26-42)39(29)33-22-34(40-31(27-43)14-11-15-32(40)28-44)24-38(23-33)45(35-16-4-1-5-17-35,36-18-6-2-7-19-36)37-20-8-3-9-21-37/h1-24H,25-28H2. The molecular weight excluding hydrogens is 828 g/mol. The second kappa shape index (κ2) is 14.9. The van der Waals surface area contributed by atoms with Crippen molar-refractivity contribution in [1.82, 2.24) is 0 Å². The molecule has 6 aromatic carbocycles. The maximum atomic E-state index is 3.83. The molecular formula is C40H32Br4Si. The van der Waals surface area contributed by atoms with Crippen molar-refractivity contribution in [3.63, 3.8) is 0 Å². The summed E-state index contributed by atoms with van der Waals surface area (Å²) in [6.07, 6.45) is 0. The summed E-state index contributed by atoms with van der Waals surface area (Å²) in [5, 5.41) is 8.61. The zero-order valence-corrected chi connectivity index (χ0v) is 32.0. The van der Waals surface area contributed by atoms with Gasteiger partial charge in [-0.3, -0.25) is 0 Å². The quantitative estimate of drug-likeness (QED) is 0.0732.